The van der Waals surface area contributed by atoms with Crippen LogP contribution in [0.3, 0.4) is 0 Å². The highest BCUT2D eigenvalue weighted by atomic mass is 15.1. The van der Waals surface area contributed by atoms with E-state index in [0.717, 1.165) is 0 Å². The Balaban J connectivity index is 1.34. The number of para-hydroxylation sites is 2. The summed E-state index contributed by atoms with van der Waals surface area (Å²) in [4.78, 5) is 0.194. The minimum absolute atomic E-state index is 0.194. The topological polar surface area (TPSA) is 8.17 Å². The van der Waals surface area contributed by atoms with Gasteiger partial charge in [0, 0.05) is 33.5 Å². The van der Waals surface area contributed by atoms with E-state index >= 15 is 0 Å². The highest BCUT2D eigenvalue weighted by molar-refractivity contribution is 6.16. The molecule has 0 unspecified atom stereocenters. The third-order valence-corrected chi connectivity index (χ3v) is 8.75. The van der Waals surface area contributed by atoms with Gasteiger partial charge in [0.05, 0.1) is 63.1 Å². The largest absolute Gasteiger partial charge is 0.310 e. The molecule has 0 saturated heterocycles. The Labute approximate surface area is 391 Å². The van der Waals surface area contributed by atoms with Crippen molar-refractivity contribution in [1.29, 1.82) is 0 Å². The van der Waals surface area contributed by atoms with Crippen LogP contribution in [0.4, 0.5) is 17.1 Å². The van der Waals surface area contributed by atoms with Crippen molar-refractivity contribution in [2.75, 3.05) is 4.90 Å². The molecule has 0 spiro atoms. The van der Waals surface area contributed by atoms with E-state index in [1.807, 2.05) is 0 Å². The van der Waals surface area contributed by atoms with Gasteiger partial charge < -0.3 is 9.47 Å². The summed E-state index contributed by atoms with van der Waals surface area (Å²) in [5, 5.41) is -4.09. The monoisotopic (exact) mass is 777 g/mol. The van der Waals surface area contributed by atoms with Crippen LogP contribution in [0.15, 0.2) is 230 Å². The van der Waals surface area contributed by atoms with Crippen LogP contribution < -0.4 is 4.90 Å². The van der Waals surface area contributed by atoms with E-state index in [-0.39, 0.29) is 4.90 Å². The molecule has 11 rings (SSSR count). The van der Waals surface area contributed by atoms with Crippen LogP contribution in [0.25, 0.3) is 82.4 Å². The molecule has 11 aromatic rings. The summed E-state index contributed by atoms with van der Waals surface area (Å²) in [5.41, 5.74) is -12.6. The molecule has 0 radical (unpaired) electrons. The van der Waals surface area contributed by atoms with Crippen LogP contribution in [0.2, 0.25) is 0 Å². The second-order valence-corrected chi connectivity index (χ2v) is 12.0. The van der Waals surface area contributed by atoms with Crippen molar-refractivity contribution in [3.63, 3.8) is 0 Å². The van der Waals surface area contributed by atoms with Crippen molar-refractivity contribution in [3.05, 3.63) is 230 Å². The lowest BCUT2D eigenvalue weighted by Gasteiger charge is -2.26. The van der Waals surface area contributed by atoms with E-state index in [4.69, 9.17) is 24.7 Å². The van der Waals surface area contributed by atoms with Crippen LogP contribution in [0.5, 0.6) is 0 Å². The van der Waals surface area contributed by atoms with Gasteiger partial charge in [0.1, 0.15) is 0 Å². The first kappa shape index (κ1) is 12.7. The molecular weight excluding hydrogens is 701 g/mol. The summed E-state index contributed by atoms with van der Waals surface area (Å²) in [6, 6.07) is -42.6. The zero-order valence-corrected chi connectivity index (χ0v) is 28.9. The molecule has 1 aromatic heterocycles. The number of rotatable bonds is 7. The first-order valence-electron chi connectivity index (χ1n) is 35.8. The molecule has 0 atom stereocenters. The number of anilines is 3. The van der Waals surface area contributed by atoms with Crippen molar-refractivity contribution >= 4 is 60.4 Å². The fraction of sp³-hybridized carbons (Fsp3) is 0. The maximum atomic E-state index is 10.2. The Kier molecular flexibility index (Phi) is 3.08. The van der Waals surface area contributed by atoms with Crippen molar-refractivity contribution < 1.29 is 52.1 Å². The summed E-state index contributed by atoms with van der Waals surface area (Å²) in [6.07, 6.45) is 0. The number of hydrogen-bond donors (Lipinski definition) is 0. The van der Waals surface area contributed by atoms with E-state index < -0.39 is 329 Å². The summed E-state index contributed by atoms with van der Waals surface area (Å²) in [5.74, 6) is 0. The quantitative estimate of drug-likeness (QED) is 0.146. The van der Waals surface area contributed by atoms with Gasteiger partial charge in [-0.1, -0.05) is 163 Å². The van der Waals surface area contributed by atoms with Gasteiger partial charge in [-0.05, 0) is 121 Å². The van der Waals surface area contributed by atoms with Gasteiger partial charge in [0.15, 0.2) is 0 Å². The summed E-state index contributed by atoms with van der Waals surface area (Å²) in [6.45, 7) is 0. The maximum Gasteiger partial charge on any atom is 0.0651 e. The van der Waals surface area contributed by atoms with Gasteiger partial charge in [0.2, 0.25) is 0 Å². The van der Waals surface area contributed by atoms with Crippen molar-refractivity contribution in [3.8, 4) is 39.1 Å². The first-order chi connectivity index (χ1) is 44.6. The van der Waals surface area contributed by atoms with Crippen LogP contribution in [-0.2, 0) is 0 Å². The number of aromatic nitrogens is 1. The van der Waals surface area contributed by atoms with Crippen LogP contribution in [0, 0.1) is 0 Å². The normalized spacial score (nSPS) is 20.6. The minimum atomic E-state index is -1.43. The lowest BCUT2D eigenvalue weighted by atomic mass is 9.97. The molecule has 0 N–H and O–H groups in total. The molecule has 0 aliphatic rings. The third-order valence-electron chi connectivity index (χ3n) is 8.75. The van der Waals surface area contributed by atoms with E-state index in [1.54, 1.807) is 0 Å². The molecule has 0 amide bonds. The average Bonchev–Trinajstić information content (AvgIpc) is 1.65. The lowest BCUT2D eigenvalue weighted by Crippen LogP contribution is -2.10. The first-order valence-corrected chi connectivity index (χ1v) is 16.8. The van der Waals surface area contributed by atoms with Gasteiger partial charge in [0.25, 0.3) is 0 Å². The Morgan fingerprint density at radius 2 is 0.879 bits per heavy atom. The zero-order chi connectivity index (χ0) is 71.5. The second kappa shape index (κ2) is 14.1. The molecule has 58 heavy (non-hydrogen) atoms. The van der Waals surface area contributed by atoms with Crippen LogP contribution >= 0.6 is 0 Å². The van der Waals surface area contributed by atoms with Gasteiger partial charge in [-0.25, -0.2) is 0 Å². The molecule has 0 saturated carbocycles. The molecule has 0 aliphatic heterocycles. The predicted octanol–water partition coefficient (Wildman–Crippen LogP) is 15.6. The minimum Gasteiger partial charge on any atom is -0.310 e. The smallest absolute Gasteiger partial charge is 0.0651 e. The second-order valence-electron chi connectivity index (χ2n) is 12.0. The van der Waals surface area contributed by atoms with E-state index in [2.05, 4.69) is 0 Å². The third kappa shape index (κ3) is 5.82. The Hall–Kier alpha value is -7.68. The number of hydrogen-bond acceptors (Lipinski definition) is 1. The van der Waals surface area contributed by atoms with Gasteiger partial charge in [-0.15, -0.1) is 0 Å². The Morgan fingerprint density at radius 3 is 1.66 bits per heavy atom. The number of benzene rings is 10. The van der Waals surface area contributed by atoms with Gasteiger partial charge in [-0.2, -0.15) is 0 Å². The molecule has 0 fully saturated rings. The fourth-order valence-electron chi connectivity index (χ4n) is 6.24. The maximum absolute atomic E-state index is 10.2. The summed E-state index contributed by atoms with van der Waals surface area (Å²) in [7, 11) is 0. The molecule has 2 heteroatoms. The molecule has 0 aliphatic carbocycles. The highest BCUT2D eigenvalue weighted by Crippen LogP contribution is 2.42. The van der Waals surface area contributed by atoms with Crippen molar-refractivity contribution in [1.82, 2.24) is 4.57 Å². The van der Waals surface area contributed by atoms with E-state index in [9.17, 15) is 27.4 Å². The number of fused-ring (bicyclic) bond motifs is 6. The molecule has 2 nitrogen and oxygen atoms in total. The van der Waals surface area contributed by atoms with E-state index in [0.29, 0.717) is 4.57 Å². The van der Waals surface area contributed by atoms with Gasteiger partial charge >= 0.3 is 0 Å². The van der Waals surface area contributed by atoms with E-state index in [1.165, 1.54) is 0 Å². The molecule has 272 valence electrons. The molecule has 10 aromatic carbocycles. The summed E-state index contributed by atoms with van der Waals surface area (Å²) < 4.78 is 346. The van der Waals surface area contributed by atoms with Crippen molar-refractivity contribution in [2.45, 2.75) is 0 Å². The highest BCUT2D eigenvalue weighted by Gasteiger charge is 2.18. The predicted molar refractivity (Wildman–Crippen MR) is 247 cm³/mol. The summed E-state index contributed by atoms with van der Waals surface area (Å²) >= 11 is 0. The van der Waals surface area contributed by atoms with Crippen molar-refractivity contribution in [2.24, 2.45) is 0 Å². The zero-order valence-electron chi connectivity index (χ0n) is 66.9. The molecule has 0 bridgehead atoms. The fourth-order valence-corrected chi connectivity index (χ4v) is 6.24. The number of nitrogens with zero attached hydrogens (tertiary/aromatic N) is 2. The molecule has 1 heterocycles. The van der Waals surface area contributed by atoms with Crippen LogP contribution in [-0.4, -0.2) is 4.57 Å². The van der Waals surface area contributed by atoms with Gasteiger partial charge in [-0.3, -0.25) is 0 Å². The SMILES string of the molecule is [2H]c1c([2H])c([2H])c(-c2c([2H])c([2H])c(N(c3c([2H])c([2H])c(-c4c([2H])c([2H])c5c(c4[2H])c([2H])c([2H])c4c([2H])c([2H])c([2H])c([2H])c45)c([2H])c3[2H])c3c([2H])c([2H])c([2H])c(-c4c([2H])c([2H])c([2H])c5c4c4c([2H])c([2H])c([2H])c([2H])c4n5-c4c([2H])c([2H])c([2H])c([2H])c4[2H])c3[2H])c([2H])c2[2H])c([2H])c1[2H]. The molecular formula is C56H38N2. The Morgan fingerprint density at radius 1 is 0.328 bits per heavy atom. The lowest BCUT2D eigenvalue weighted by molar-refractivity contribution is 1.18. The standard InChI is InChI=1S/C56H38N2/c1-3-13-39(14-4-1)40-27-32-47(33-28-40)57(48-34-29-41(30-35-48)43-31-36-51-45(37-43)26-25-42-15-7-8-20-50(42)51)49-19-11-16-44(38-49)52-22-12-24-55-56(52)53-21-9-10-23-54(53)58(55)46-17-5-2-6-18-46/h1-38H/i1D,2D,3D,4D,5D,6D,7D,8D,9D,10D,11D,12D,13D,14D,15D,16D,17D,18D,19D,20D,21D,22D,23D,24D,25D,26D,27D,28D,29D,30D,31D,32D,33D,34D,35D,36D,37D,38D. The Bertz CT molecular complexity index is 5400. The average molecular weight is 777 g/mol. The van der Waals surface area contributed by atoms with Crippen LogP contribution in [0.1, 0.15) is 52.1 Å².